The van der Waals surface area contributed by atoms with Crippen LogP contribution in [0.4, 0.5) is 11.5 Å². The molecule has 5 rings (SSSR count). The van der Waals surface area contributed by atoms with E-state index in [1.165, 1.54) is 5.69 Å². The highest BCUT2D eigenvalue weighted by molar-refractivity contribution is 6.30. The predicted molar refractivity (Wildman–Crippen MR) is 132 cm³/mol. The number of rotatable bonds is 6. The summed E-state index contributed by atoms with van der Waals surface area (Å²) in [4.78, 5) is 22.1. The minimum Gasteiger partial charge on any atom is -0.469 e. The fraction of sp³-hybridized carbons (Fsp3) is 0.231. The number of fused-ring (bicyclic) bond motifs is 1. The van der Waals surface area contributed by atoms with E-state index < -0.39 is 0 Å². The number of amides is 1. The van der Waals surface area contributed by atoms with Gasteiger partial charge in [-0.15, -0.1) is 0 Å². The van der Waals surface area contributed by atoms with Gasteiger partial charge in [0.25, 0.3) is 5.91 Å². The van der Waals surface area contributed by atoms with Gasteiger partial charge in [-0.25, -0.2) is 4.98 Å². The first kappa shape index (κ1) is 21.3. The van der Waals surface area contributed by atoms with Gasteiger partial charge in [-0.2, -0.15) is 0 Å². The van der Waals surface area contributed by atoms with Crippen LogP contribution in [0.3, 0.4) is 0 Å². The first-order valence-corrected chi connectivity index (χ1v) is 11.5. The molecular weight excluding hydrogens is 436 g/mol. The minimum atomic E-state index is -0.0918. The van der Waals surface area contributed by atoms with Crippen molar-refractivity contribution in [2.24, 2.45) is 0 Å². The van der Waals surface area contributed by atoms with E-state index in [-0.39, 0.29) is 5.91 Å². The first-order valence-electron chi connectivity index (χ1n) is 11.1. The number of halogens is 1. The van der Waals surface area contributed by atoms with Crippen molar-refractivity contribution in [1.82, 2.24) is 10.3 Å². The van der Waals surface area contributed by atoms with E-state index in [1.807, 2.05) is 54.7 Å². The van der Waals surface area contributed by atoms with Crippen LogP contribution in [0.15, 0.2) is 77.5 Å². The summed E-state index contributed by atoms with van der Waals surface area (Å²) in [5.41, 5.74) is 1.81. The van der Waals surface area contributed by atoms with Crippen LogP contribution in [0.5, 0.6) is 0 Å². The third-order valence-electron chi connectivity index (χ3n) is 6.02. The number of anilines is 2. The zero-order valence-corrected chi connectivity index (χ0v) is 19.0. The summed E-state index contributed by atoms with van der Waals surface area (Å²) in [5.74, 6) is 1.69. The lowest BCUT2D eigenvalue weighted by Gasteiger charge is -2.37. The van der Waals surface area contributed by atoms with Crippen molar-refractivity contribution in [2.75, 3.05) is 42.5 Å². The van der Waals surface area contributed by atoms with Crippen molar-refractivity contribution >= 4 is 39.8 Å². The predicted octanol–water partition coefficient (Wildman–Crippen LogP) is 4.78. The molecule has 6 nitrogen and oxygen atoms in total. The Morgan fingerprint density at radius 3 is 2.55 bits per heavy atom. The number of nitrogens with one attached hydrogen (secondary N) is 1. The fourth-order valence-electron chi connectivity index (χ4n) is 4.23. The number of nitrogens with zero attached hydrogens (tertiary/aromatic N) is 3. The van der Waals surface area contributed by atoms with Crippen LogP contribution in [-0.2, 0) is 6.42 Å². The molecule has 7 heteroatoms. The summed E-state index contributed by atoms with van der Waals surface area (Å²) in [6.45, 7) is 4.03. The highest BCUT2D eigenvalue weighted by Crippen LogP contribution is 2.28. The van der Waals surface area contributed by atoms with Crippen LogP contribution in [0.2, 0.25) is 5.02 Å². The molecule has 33 heavy (non-hydrogen) atoms. The number of piperazine rings is 1. The molecule has 2 aromatic heterocycles. The van der Waals surface area contributed by atoms with Crippen molar-refractivity contribution in [3.05, 3.63) is 89.5 Å². The summed E-state index contributed by atoms with van der Waals surface area (Å²) in [7, 11) is 0. The van der Waals surface area contributed by atoms with Crippen molar-refractivity contribution < 1.29 is 9.21 Å². The topological polar surface area (TPSA) is 61.6 Å². The van der Waals surface area contributed by atoms with Crippen molar-refractivity contribution in [1.29, 1.82) is 0 Å². The number of benzene rings is 2. The molecule has 0 atom stereocenters. The van der Waals surface area contributed by atoms with Crippen LogP contribution >= 0.6 is 11.6 Å². The standard InChI is InChI=1S/C26H25ClN4O2/c27-21-5-7-22(8-6-21)30-13-15-31(16-14-30)25-24-18-20(4-3-19(24)9-11-28-25)26(32)29-12-10-23-2-1-17-33-23/h1-9,11,17-18H,10,12-16H2,(H,29,32). The van der Waals surface area contributed by atoms with Crippen molar-refractivity contribution in [3.8, 4) is 0 Å². The van der Waals surface area contributed by atoms with Crippen molar-refractivity contribution in [2.45, 2.75) is 6.42 Å². The van der Waals surface area contributed by atoms with Gasteiger partial charge < -0.3 is 19.5 Å². The van der Waals surface area contributed by atoms with E-state index >= 15 is 0 Å². The molecular formula is C26H25ClN4O2. The summed E-state index contributed by atoms with van der Waals surface area (Å²) >= 11 is 6.03. The normalized spacial score (nSPS) is 14.0. The average Bonchev–Trinajstić information content (AvgIpc) is 3.37. The molecule has 1 saturated heterocycles. The van der Waals surface area contributed by atoms with Crippen molar-refractivity contribution in [3.63, 3.8) is 0 Å². The molecule has 1 aliphatic heterocycles. The summed E-state index contributed by atoms with van der Waals surface area (Å²) in [6.07, 6.45) is 4.15. The molecule has 0 aliphatic carbocycles. The van der Waals surface area contributed by atoms with E-state index in [1.54, 1.807) is 6.26 Å². The molecule has 1 aliphatic rings. The number of hydrogen-bond donors (Lipinski definition) is 1. The lowest BCUT2D eigenvalue weighted by Crippen LogP contribution is -2.46. The summed E-state index contributed by atoms with van der Waals surface area (Å²) < 4.78 is 5.33. The number of aromatic nitrogens is 1. The van der Waals surface area contributed by atoms with Crippen LogP contribution in [0.1, 0.15) is 16.1 Å². The molecule has 2 aromatic carbocycles. The molecule has 0 spiro atoms. The molecule has 168 valence electrons. The zero-order valence-electron chi connectivity index (χ0n) is 18.2. The monoisotopic (exact) mass is 460 g/mol. The maximum Gasteiger partial charge on any atom is 0.251 e. The van der Waals surface area contributed by atoms with E-state index in [9.17, 15) is 4.79 Å². The van der Waals surface area contributed by atoms with Gasteiger partial charge in [0.15, 0.2) is 0 Å². The SMILES string of the molecule is O=C(NCCc1ccco1)c1ccc2ccnc(N3CCN(c4ccc(Cl)cc4)CC3)c2c1. The molecule has 0 bridgehead atoms. The Labute approximate surface area is 197 Å². The lowest BCUT2D eigenvalue weighted by atomic mass is 10.1. The summed E-state index contributed by atoms with van der Waals surface area (Å²) in [6, 6.07) is 19.5. The number of furan rings is 1. The number of carbonyl (C=O) groups is 1. The molecule has 1 fully saturated rings. The minimum absolute atomic E-state index is 0.0918. The Balaban J connectivity index is 1.29. The first-order chi connectivity index (χ1) is 16.2. The smallest absolute Gasteiger partial charge is 0.251 e. The third-order valence-corrected chi connectivity index (χ3v) is 6.27. The van der Waals surface area contributed by atoms with E-state index in [0.717, 1.165) is 53.6 Å². The van der Waals surface area contributed by atoms with E-state index in [0.29, 0.717) is 18.5 Å². The molecule has 4 aromatic rings. The Morgan fingerprint density at radius 2 is 1.79 bits per heavy atom. The molecule has 0 radical (unpaired) electrons. The Hall–Kier alpha value is -3.51. The van der Waals surface area contributed by atoms with Gasteiger partial charge in [0, 0.05) is 67.0 Å². The fourth-order valence-corrected chi connectivity index (χ4v) is 4.36. The van der Waals surface area contributed by atoms with E-state index in [2.05, 4.69) is 32.2 Å². The maximum absolute atomic E-state index is 12.7. The quantitative estimate of drug-likeness (QED) is 0.448. The van der Waals surface area contributed by atoms with Gasteiger partial charge in [-0.1, -0.05) is 17.7 Å². The van der Waals surface area contributed by atoms with Crippen LogP contribution in [0, 0.1) is 0 Å². The second-order valence-electron chi connectivity index (χ2n) is 8.11. The van der Waals surface area contributed by atoms with Crippen LogP contribution in [-0.4, -0.2) is 43.6 Å². The van der Waals surface area contributed by atoms with Gasteiger partial charge in [0.1, 0.15) is 11.6 Å². The van der Waals surface area contributed by atoms with Gasteiger partial charge in [0.05, 0.1) is 6.26 Å². The Bertz CT molecular complexity index is 1230. The molecule has 0 unspecified atom stereocenters. The second-order valence-corrected chi connectivity index (χ2v) is 8.54. The number of carbonyl (C=O) groups excluding carboxylic acids is 1. The maximum atomic E-state index is 12.7. The second kappa shape index (κ2) is 9.55. The largest absolute Gasteiger partial charge is 0.469 e. The average molecular weight is 461 g/mol. The highest BCUT2D eigenvalue weighted by Gasteiger charge is 2.20. The van der Waals surface area contributed by atoms with E-state index in [4.69, 9.17) is 16.0 Å². The third kappa shape index (κ3) is 4.81. The van der Waals surface area contributed by atoms with Crippen LogP contribution < -0.4 is 15.1 Å². The molecule has 3 heterocycles. The molecule has 0 saturated carbocycles. The van der Waals surface area contributed by atoms with Gasteiger partial charge in [-0.05, 0) is 60.0 Å². The number of hydrogen-bond acceptors (Lipinski definition) is 5. The molecule has 1 N–H and O–H groups in total. The van der Waals surface area contributed by atoms with Gasteiger partial charge in [-0.3, -0.25) is 4.79 Å². The van der Waals surface area contributed by atoms with Crippen LogP contribution in [0.25, 0.3) is 10.8 Å². The highest BCUT2D eigenvalue weighted by atomic mass is 35.5. The summed E-state index contributed by atoms with van der Waals surface area (Å²) in [5, 5.41) is 5.80. The Morgan fingerprint density at radius 1 is 1.00 bits per heavy atom. The lowest BCUT2D eigenvalue weighted by molar-refractivity contribution is 0.0954. The zero-order chi connectivity index (χ0) is 22.6. The Kier molecular flexibility index (Phi) is 6.17. The molecule has 1 amide bonds. The van der Waals surface area contributed by atoms with Gasteiger partial charge in [0.2, 0.25) is 0 Å². The van der Waals surface area contributed by atoms with Gasteiger partial charge >= 0.3 is 0 Å². The number of pyridine rings is 1.